The van der Waals surface area contributed by atoms with E-state index < -0.39 is 9.84 Å². The molecule has 29 heavy (non-hydrogen) atoms. The van der Waals surface area contributed by atoms with Crippen molar-refractivity contribution >= 4 is 43.8 Å². The van der Waals surface area contributed by atoms with Gasteiger partial charge >= 0.3 is 0 Å². The lowest BCUT2D eigenvalue weighted by Crippen LogP contribution is -2.15. The highest BCUT2D eigenvalue weighted by Gasteiger charge is 2.29. The molecule has 1 aliphatic carbocycles. The molecule has 1 amide bonds. The number of aromatic nitrogens is 3. The molecule has 0 unspecified atom stereocenters. The molecule has 11 heteroatoms. The van der Waals surface area contributed by atoms with Gasteiger partial charge in [0.05, 0.1) is 22.8 Å². The van der Waals surface area contributed by atoms with Gasteiger partial charge in [0, 0.05) is 18.3 Å². The van der Waals surface area contributed by atoms with Gasteiger partial charge in [-0.3, -0.25) is 4.79 Å². The highest BCUT2D eigenvalue weighted by atomic mass is 32.2. The fraction of sp³-hybridized carbons (Fsp3) is 0.556. The van der Waals surface area contributed by atoms with Crippen molar-refractivity contribution in [3.63, 3.8) is 0 Å². The number of nitrogens with one attached hydrogen (secondary N) is 1. The first-order chi connectivity index (χ1) is 13.9. The Morgan fingerprint density at radius 2 is 2.24 bits per heavy atom. The Labute approximate surface area is 177 Å². The molecular weight excluding hydrogens is 430 g/mol. The molecule has 1 fully saturated rings. The van der Waals surface area contributed by atoms with E-state index in [4.69, 9.17) is 0 Å². The van der Waals surface area contributed by atoms with Crippen molar-refractivity contribution in [2.24, 2.45) is 13.0 Å². The van der Waals surface area contributed by atoms with Gasteiger partial charge in [-0.05, 0) is 37.2 Å². The van der Waals surface area contributed by atoms with E-state index >= 15 is 0 Å². The number of hydrogen-bond donors (Lipinski definition) is 1. The number of fused-ring (bicyclic) bond motifs is 1. The zero-order valence-corrected chi connectivity index (χ0v) is 18.4. The van der Waals surface area contributed by atoms with E-state index in [1.54, 1.807) is 0 Å². The fourth-order valence-electron chi connectivity index (χ4n) is 3.84. The summed E-state index contributed by atoms with van der Waals surface area (Å²) in [6, 6.07) is 2.23. The number of thiophene rings is 1. The molecule has 1 N–H and O–H groups in total. The SMILES string of the molecule is Cn1c(C[C@@H]2CCS(=O)(=O)C2)nnc1SCC(=O)Nc1sc2c(c1C#N)CCC2. The number of nitrogens with zero attached hydrogens (tertiary/aromatic N) is 4. The summed E-state index contributed by atoms with van der Waals surface area (Å²) in [4.78, 5) is 13.6. The first kappa shape index (κ1) is 20.4. The zero-order chi connectivity index (χ0) is 20.6. The van der Waals surface area contributed by atoms with Crippen LogP contribution >= 0.6 is 23.1 Å². The minimum Gasteiger partial charge on any atom is -0.316 e. The van der Waals surface area contributed by atoms with Crippen LogP contribution in [0, 0.1) is 17.2 Å². The summed E-state index contributed by atoms with van der Waals surface area (Å²) >= 11 is 2.78. The summed E-state index contributed by atoms with van der Waals surface area (Å²) in [5, 5.41) is 21.9. The molecule has 0 aromatic carbocycles. The number of thioether (sulfide) groups is 1. The number of carbonyl (C=O) groups is 1. The van der Waals surface area contributed by atoms with Gasteiger partial charge < -0.3 is 9.88 Å². The number of anilines is 1. The van der Waals surface area contributed by atoms with Gasteiger partial charge in [-0.25, -0.2) is 8.42 Å². The van der Waals surface area contributed by atoms with E-state index in [0.29, 0.717) is 28.6 Å². The van der Waals surface area contributed by atoms with E-state index in [-0.39, 0.29) is 29.1 Å². The number of carbonyl (C=O) groups excluding carboxylic acids is 1. The van der Waals surface area contributed by atoms with Gasteiger partial charge in [-0.2, -0.15) is 5.26 Å². The van der Waals surface area contributed by atoms with Gasteiger partial charge in [-0.15, -0.1) is 21.5 Å². The highest BCUT2D eigenvalue weighted by Crippen LogP contribution is 2.38. The van der Waals surface area contributed by atoms with Crippen LogP contribution in [0.5, 0.6) is 0 Å². The summed E-state index contributed by atoms with van der Waals surface area (Å²) in [6.07, 6.45) is 4.18. The molecule has 154 valence electrons. The monoisotopic (exact) mass is 451 g/mol. The molecule has 1 aliphatic heterocycles. The van der Waals surface area contributed by atoms with Crippen LogP contribution in [0.25, 0.3) is 0 Å². The van der Waals surface area contributed by atoms with Crippen LogP contribution in [-0.4, -0.2) is 46.3 Å². The summed E-state index contributed by atoms with van der Waals surface area (Å²) < 4.78 is 25.1. The maximum Gasteiger partial charge on any atom is 0.235 e. The molecule has 2 aliphatic rings. The summed E-state index contributed by atoms with van der Waals surface area (Å²) in [5.74, 6) is 1.24. The van der Waals surface area contributed by atoms with Crippen LogP contribution in [0.2, 0.25) is 0 Å². The summed E-state index contributed by atoms with van der Waals surface area (Å²) in [6.45, 7) is 0. The average Bonchev–Trinajstić information content (AvgIpc) is 3.40. The Morgan fingerprint density at radius 3 is 2.97 bits per heavy atom. The first-order valence-electron chi connectivity index (χ1n) is 9.42. The Bertz CT molecular complexity index is 1100. The van der Waals surface area contributed by atoms with Crippen molar-refractivity contribution in [3.8, 4) is 6.07 Å². The molecule has 2 aromatic rings. The van der Waals surface area contributed by atoms with Crippen LogP contribution in [0.15, 0.2) is 5.16 Å². The van der Waals surface area contributed by atoms with E-state index in [1.165, 1.54) is 28.0 Å². The Hall–Kier alpha value is -1.90. The molecule has 2 aromatic heterocycles. The van der Waals surface area contributed by atoms with E-state index in [0.717, 1.165) is 30.7 Å². The first-order valence-corrected chi connectivity index (χ1v) is 13.0. The summed E-state index contributed by atoms with van der Waals surface area (Å²) in [5.41, 5.74) is 1.70. The zero-order valence-electron chi connectivity index (χ0n) is 16.0. The third kappa shape index (κ3) is 4.34. The quantitative estimate of drug-likeness (QED) is 0.667. The number of sulfone groups is 1. The Balaban J connectivity index is 1.35. The van der Waals surface area contributed by atoms with Gasteiger partial charge in [0.1, 0.15) is 16.9 Å². The molecule has 0 radical (unpaired) electrons. The molecule has 0 saturated carbocycles. The van der Waals surface area contributed by atoms with Crippen LogP contribution in [0.3, 0.4) is 0 Å². The molecule has 3 heterocycles. The third-order valence-corrected chi connectivity index (χ3v) is 9.41. The second-order valence-corrected chi connectivity index (χ2v) is 11.7. The Morgan fingerprint density at radius 1 is 1.41 bits per heavy atom. The lowest BCUT2D eigenvalue weighted by atomic mass is 10.1. The Kier molecular flexibility index (Phi) is 5.68. The molecule has 0 spiro atoms. The maximum atomic E-state index is 12.4. The van der Waals surface area contributed by atoms with Crippen molar-refractivity contribution in [1.82, 2.24) is 14.8 Å². The highest BCUT2D eigenvalue weighted by molar-refractivity contribution is 7.99. The lowest BCUT2D eigenvalue weighted by molar-refractivity contribution is -0.113. The maximum absolute atomic E-state index is 12.4. The van der Waals surface area contributed by atoms with Crippen LogP contribution in [0.1, 0.15) is 34.7 Å². The van der Waals surface area contributed by atoms with Crippen LogP contribution < -0.4 is 5.32 Å². The van der Waals surface area contributed by atoms with Gasteiger partial charge in [-0.1, -0.05) is 11.8 Å². The summed E-state index contributed by atoms with van der Waals surface area (Å²) in [7, 11) is -1.09. The van der Waals surface area contributed by atoms with Gasteiger partial charge in [0.25, 0.3) is 0 Å². The van der Waals surface area contributed by atoms with Crippen molar-refractivity contribution in [1.29, 1.82) is 5.26 Å². The van der Waals surface area contributed by atoms with Gasteiger partial charge in [0.2, 0.25) is 5.91 Å². The minimum atomic E-state index is -2.92. The van der Waals surface area contributed by atoms with E-state index in [9.17, 15) is 18.5 Å². The van der Waals surface area contributed by atoms with E-state index in [2.05, 4.69) is 21.6 Å². The fourth-order valence-corrected chi connectivity index (χ4v) is 7.69. The predicted octanol–water partition coefficient (Wildman–Crippen LogP) is 1.94. The number of rotatable bonds is 6. The van der Waals surface area contributed by atoms with E-state index in [1.807, 2.05) is 11.6 Å². The van der Waals surface area contributed by atoms with Crippen molar-refractivity contribution in [3.05, 3.63) is 21.8 Å². The minimum absolute atomic E-state index is 0.0780. The van der Waals surface area contributed by atoms with Crippen molar-refractivity contribution in [2.45, 2.75) is 37.3 Å². The smallest absolute Gasteiger partial charge is 0.235 e. The second kappa shape index (κ2) is 8.08. The number of hydrogen-bond acceptors (Lipinski definition) is 8. The molecular formula is C18H21N5O3S3. The topological polar surface area (TPSA) is 118 Å². The standard InChI is InChI=1S/C18H21N5O3S3/c1-23-15(7-11-5-6-29(25,26)10-11)21-22-18(23)27-9-16(24)20-17-13(8-19)12-3-2-4-14(12)28-17/h11H,2-7,9-10H2,1H3,(H,20,24)/t11-/m0/s1. The second-order valence-electron chi connectivity index (χ2n) is 7.44. The normalized spacial score (nSPS) is 19.8. The molecule has 1 atom stereocenters. The van der Waals surface area contributed by atoms with Gasteiger partial charge in [0.15, 0.2) is 15.0 Å². The molecule has 4 rings (SSSR count). The van der Waals surface area contributed by atoms with Crippen molar-refractivity contribution in [2.75, 3.05) is 22.6 Å². The molecule has 8 nitrogen and oxygen atoms in total. The third-order valence-electron chi connectivity index (χ3n) is 5.34. The molecule has 0 bridgehead atoms. The largest absolute Gasteiger partial charge is 0.316 e. The predicted molar refractivity (Wildman–Crippen MR) is 112 cm³/mol. The van der Waals surface area contributed by atoms with Crippen LogP contribution in [0.4, 0.5) is 5.00 Å². The number of amides is 1. The van der Waals surface area contributed by atoms with Crippen LogP contribution in [-0.2, 0) is 40.9 Å². The molecule has 1 saturated heterocycles. The van der Waals surface area contributed by atoms with Crippen molar-refractivity contribution < 1.29 is 13.2 Å². The number of nitriles is 1. The number of aryl methyl sites for hydroxylation is 1. The average molecular weight is 452 g/mol. The lowest BCUT2D eigenvalue weighted by Gasteiger charge is -2.08.